The van der Waals surface area contributed by atoms with Gasteiger partial charge < -0.3 is 9.30 Å². The Morgan fingerprint density at radius 1 is 0.443 bits per heavy atom. The van der Waals surface area contributed by atoms with Crippen LogP contribution in [0.15, 0.2) is 186 Å². The van der Waals surface area contributed by atoms with Gasteiger partial charge in [-0.3, -0.25) is 9.80 Å². The van der Waals surface area contributed by atoms with Crippen molar-refractivity contribution in [1.29, 1.82) is 0 Å². The maximum absolute atomic E-state index is 7.21. The van der Waals surface area contributed by atoms with Crippen molar-refractivity contribution in [2.24, 2.45) is 0 Å². The highest BCUT2D eigenvalue weighted by Gasteiger charge is 2.48. The molecule has 0 aliphatic carbocycles. The van der Waals surface area contributed by atoms with Crippen LogP contribution in [0.25, 0.3) is 27.5 Å². The SMILES string of the molecule is c1ccc(N(c2ccc3c(c2)Oc2cc4c5c6c2B3c2cccc3c7cccc(c7n-6c23)B5c2ccc(N(c3ccccc3)c3ncccn3)cc2S4)c2ncccn2)cc1. The van der Waals surface area contributed by atoms with Crippen LogP contribution in [0.1, 0.15) is 0 Å². The minimum Gasteiger partial charge on any atom is -0.458 e. The number of rotatable bonds is 6. The van der Waals surface area contributed by atoms with Gasteiger partial charge in [0.15, 0.2) is 0 Å². The summed E-state index contributed by atoms with van der Waals surface area (Å²) in [6, 6.07) is 53.9. The number of fused-ring (bicyclic) bond motifs is 7. The highest BCUT2D eigenvalue weighted by Crippen LogP contribution is 2.45. The summed E-state index contributed by atoms with van der Waals surface area (Å²) in [4.78, 5) is 25.4. The first-order valence-electron chi connectivity index (χ1n) is 20.4. The smallest absolute Gasteiger partial charge is 0.256 e. The molecule has 0 amide bonds. The van der Waals surface area contributed by atoms with Crippen LogP contribution in [0, 0.1) is 0 Å². The summed E-state index contributed by atoms with van der Waals surface area (Å²) in [6.45, 7) is 0.0172. The fraction of sp³-hybridized carbons (Fsp3) is 0. The molecule has 4 aliphatic rings. The van der Waals surface area contributed by atoms with Crippen molar-refractivity contribution in [3.8, 4) is 17.2 Å². The van der Waals surface area contributed by atoms with Gasteiger partial charge in [0, 0.05) is 79.5 Å². The first kappa shape index (κ1) is 33.2. The highest BCUT2D eigenvalue weighted by atomic mass is 32.2. The van der Waals surface area contributed by atoms with Crippen LogP contribution in [0.3, 0.4) is 0 Å². The number of aromatic nitrogens is 5. The molecule has 0 bridgehead atoms. The predicted molar refractivity (Wildman–Crippen MR) is 248 cm³/mol. The van der Waals surface area contributed by atoms with Crippen molar-refractivity contribution in [2.45, 2.75) is 9.79 Å². The molecule has 282 valence electrons. The van der Waals surface area contributed by atoms with Gasteiger partial charge in [0.25, 0.3) is 6.71 Å². The lowest BCUT2D eigenvalue weighted by Gasteiger charge is -2.40. The van der Waals surface area contributed by atoms with E-state index in [9.17, 15) is 0 Å². The van der Waals surface area contributed by atoms with E-state index >= 15 is 0 Å². The Hall–Kier alpha value is -7.62. The molecular formula is C50H29B2N7OS. The number of anilines is 6. The Morgan fingerprint density at radius 3 is 1.61 bits per heavy atom. The van der Waals surface area contributed by atoms with Crippen LogP contribution >= 0.6 is 11.8 Å². The van der Waals surface area contributed by atoms with Gasteiger partial charge in [-0.15, -0.1) is 0 Å². The number of hydrogen-bond acceptors (Lipinski definition) is 8. The fourth-order valence-electron chi connectivity index (χ4n) is 10.4. The summed E-state index contributed by atoms with van der Waals surface area (Å²) in [5.74, 6) is 2.94. The van der Waals surface area contributed by atoms with E-state index < -0.39 is 0 Å². The van der Waals surface area contributed by atoms with Crippen molar-refractivity contribution in [3.05, 3.63) is 176 Å². The molecule has 4 aliphatic heterocycles. The number of para-hydroxylation sites is 4. The second-order valence-corrected chi connectivity index (χ2v) is 16.9. The van der Waals surface area contributed by atoms with Crippen LogP contribution in [0.5, 0.6) is 11.5 Å². The quantitative estimate of drug-likeness (QED) is 0.160. The molecule has 11 heteroatoms. The Bertz CT molecular complexity index is 3160. The Labute approximate surface area is 355 Å². The molecule has 14 rings (SSSR count). The van der Waals surface area contributed by atoms with Crippen LogP contribution in [-0.2, 0) is 0 Å². The molecule has 3 aromatic heterocycles. The van der Waals surface area contributed by atoms with E-state index in [4.69, 9.17) is 14.7 Å². The second kappa shape index (κ2) is 12.5. The Morgan fingerprint density at radius 2 is 1.00 bits per heavy atom. The van der Waals surface area contributed by atoms with E-state index in [1.165, 1.54) is 64.6 Å². The van der Waals surface area contributed by atoms with Gasteiger partial charge in [-0.1, -0.05) is 102 Å². The van der Waals surface area contributed by atoms with Gasteiger partial charge in [0.1, 0.15) is 11.5 Å². The standard InChI is InChI=1S/C50H29B2N7OS/c1-3-11-30(12-4-1)57(49-53-23-9-24-54-49)32-19-21-36-40(27-32)60-41-29-43-45-48-44(41)51(36)38-17-7-15-34-35-16-8-18-39(47(35)59(48)46(34)38)52(45)37-22-20-33(28-42(37)61-43)58(31-13-5-2-6-14-31)50-55-25-10-26-56-50/h1-29H. The average Bonchev–Trinajstić information content (AvgIpc) is 3.66. The molecule has 7 heterocycles. The van der Waals surface area contributed by atoms with Crippen molar-refractivity contribution in [1.82, 2.24) is 24.5 Å². The molecule has 0 unspecified atom stereocenters. The molecule has 7 aromatic carbocycles. The lowest BCUT2D eigenvalue weighted by molar-refractivity contribution is 0.486. The molecule has 0 fully saturated rings. The maximum atomic E-state index is 7.21. The lowest BCUT2D eigenvalue weighted by Crippen LogP contribution is -2.65. The number of benzene rings is 7. The van der Waals surface area contributed by atoms with Crippen molar-refractivity contribution >= 4 is 114 Å². The van der Waals surface area contributed by atoms with Crippen molar-refractivity contribution in [2.75, 3.05) is 9.80 Å². The minimum absolute atomic E-state index is 0.0203. The topological polar surface area (TPSA) is 72.2 Å². The molecule has 0 N–H and O–H groups in total. The van der Waals surface area contributed by atoms with Gasteiger partial charge in [-0.2, -0.15) is 0 Å². The first-order chi connectivity index (χ1) is 30.3. The lowest BCUT2D eigenvalue weighted by atomic mass is 9.31. The summed E-state index contributed by atoms with van der Waals surface area (Å²) >= 11 is 1.83. The number of nitrogens with zero attached hydrogens (tertiary/aromatic N) is 7. The maximum Gasteiger partial charge on any atom is 0.256 e. The van der Waals surface area contributed by atoms with Crippen LogP contribution in [0.4, 0.5) is 34.6 Å². The van der Waals surface area contributed by atoms with E-state index in [1.807, 2.05) is 48.2 Å². The van der Waals surface area contributed by atoms with Gasteiger partial charge >= 0.3 is 0 Å². The summed E-state index contributed by atoms with van der Waals surface area (Å²) < 4.78 is 9.79. The Kier molecular flexibility index (Phi) is 6.78. The number of ether oxygens (including phenoxy) is 1. The Balaban J connectivity index is 1.00. The van der Waals surface area contributed by atoms with E-state index in [0.717, 1.165) is 39.7 Å². The van der Waals surface area contributed by atoms with Crippen LogP contribution in [-0.4, -0.2) is 37.9 Å². The van der Waals surface area contributed by atoms with E-state index in [1.54, 1.807) is 24.8 Å². The summed E-state index contributed by atoms with van der Waals surface area (Å²) in [5, 5.41) is 2.56. The van der Waals surface area contributed by atoms with Gasteiger partial charge in [0.05, 0.1) is 11.4 Å². The third kappa shape index (κ3) is 4.58. The molecule has 8 nitrogen and oxygen atoms in total. The molecule has 0 saturated carbocycles. The molecule has 0 spiro atoms. The summed E-state index contributed by atoms with van der Waals surface area (Å²) in [7, 11) is 0. The predicted octanol–water partition coefficient (Wildman–Crippen LogP) is 7.53. The zero-order valence-electron chi connectivity index (χ0n) is 32.3. The van der Waals surface area contributed by atoms with Crippen molar-refractivity contribution < 1.29 is 4.74 Å². The molecule has 10 aromatic rings. The molecular weight excluding hydrogens is 768 g/mol. The third-order valence-electron chi connectivity index (χ3n) is 12.7. The molecule has 61 heavy (non-hydrogen) atoms. The van der Waals surface area contributed by atoms with Gasteiger partial charge in [-0.05, 0) is 88.0 Å². The van der Waals surface area contributed by atoms with Gasteiger partial charge in [-0.25, -0.2) is 19.9 Å². The summed E-state index contributed by atoms with van der Waals surface area (Å²) in [5.41, 5.74) is 15.4. The second-order valence-electron chi connectivity index (χ2n) is 15.8. The van der Waals surface area contributed by atoms with Crippen molar-refractivity contribution in [3.63, 3.8) is 0 Å². The first-order valence-corrected chi connectivity index (χ1v) is 21.3. The monoisotopic (exact) mass is 797 g/mol. The number of hydrogen-bond donors (Lipinski definition) is 0. The normalized spacial score (nSPS) is 13.2. The zero-order valence-corrected chi connectivity index (χ0v) is 33.2. The summed E-state index contributed by atoms with van der Waals surface area (Å²) in [6.07, 6.45) is 7.16. The third-order valence-corrected chi connectivity index (χ3v) is 13.8. The largest absolute Gasteiger partial charge is 0.458 e. The zero-order chi connectivity index (χ0) is 39.8. The van der Waals surface area contributed by atoms with Crippen LogP contribution in [0.2, 0.25) is 0 Å². The highest BCUT2D eigenvalue weighted by molar-refractivity contribution is 8.00. The average molecular weight is 798 g/mol. The van der Waals surface area contributed by atoms with E-state index in [0.29, 0.717) is 11.9 Å². The molecule has 0 saturated heterocycles. The molecule has 0 atom stereocenters. The minimum atomic E-state index is -0.0203. The van der Waals surface area contributed by atoms with Crippen LogP contribution < -0.4 is 47.3 Å². The molecule has 0 radical (unpaired) electrons. The van der Waals surface area contributed by atoms with Gasteiger partial charge in [0.2, 0.25) is 18.6 Å². The van der Waals surface area contributed by atoms with E-state index in [2.05, 4.69) is 140 Å². The fourth-order valence-corrected chi connectivity index (χ4v) is 11.6. The van der Waals surface area contributed by atoms with E-state index in [-0.39, 0.29) is 13.4 Å².